The van der Waals surface area contributed by atoms with Crippen LogP contribution in [-0.4, -0.2) is 29.1 Å². The maximum atomic E-state index is 8.88. The minimum absolute atomic E-state index is 0.300. The molecule has 1 saturated heterocycles. The number of aliphatic hydroxyl groups excluding tert-OH is 2. The van der Waals surface area contributed by atoms with Crippen molar-refractivity contribution < 1.29 is 10.2 Å². The van der Waals surface area contributed by atoms with Crippen molar-refractivity contribution in [3.63, 3.8) is 0 Å². The SMILES string of the molecule is OC1CCNC(O)C1. The summed E-state index contributed by atoms with van der Waals surface area (Å²) in [5.41, 5.74) is 0. The van der Waals surface area contributed by atoms with E-state index in [-0.39, 0.29) is 6.10 Å². The van der Waals surface area contributed by atoms with Gasteiger partial charge in [-0.2, -0.15) is 0 Å². The van der Waals surface area contributed by atoms with Crippen molar-refractivity contribution in [1.82, 2.24) is 5.32 Å². The first-order valence-electron chi connectivity index (χ1n) is 2.88. The summed E-state index contributed by atoms with van der Waals surface area (Å²) in [5, 5.41) is 20.5. The maximum absolute atomic E-state index is 8.88. The second-order valence-electron chi connectivity index (χ2n) is 2.15. The predicted molar refractivity (Wildman–Crippen MR) is 29.3 cm³/mol. The van der Waals surface area contributed by atoms with Crippen LogP contribution in [0.15, 0.2) is 0 Å². The van der Waals surface area contributed by atoms with Gasteiger partial charge in [0.05, 0.1) is 6.10 Å². The summed E-state index contributed by atoms with van der Waals surface area (Å²) in [6.45, 7) is 0.725. The van der Waals surface area contributed by atoms with Crippen LogP contribution in [0.25, 0.3) is 0 Å². The van der Waals surface area contributed by atoms with Gasteiger partial charge in [0.2, 0.25) is 0 Å². The molecule has 3 N–H and O–H groups in total. The Morgan fingerprint density at radius 3 is 2.50 bits per heavy atom. The minimum Gasteiger partial charge on any atom is -0.393 e. The Morgan fingerprint density at radius 2 is 2.12 bits per heavy atom. The summed E-state index contributed by atoms with van der Waals surface area (Å²) in [4.78, 5) is 0. The number of rotatable bonds is 0. The van der Waals surface area contributed by atoms with Crippen LogP contribution in [0.1, 0.15) is 12.8 Å². The molecule has 3 heteroatoms. The number of nitrogens with one attached hydrogen (secondary N) is 1. The molecule has 0 radical (unpaired) electrons. The Hall–Kier alpha value is -0.120. The molecule has 48 valence electrons. The molecular formula is C5H11NO2. The highest BCUT2D eigenvalue weighted by Crippen LogP contribution is 2.04. The van der Waals surface area contributed by atoms with E-state index in [1.165, 1.54) is 0 Å². The van der Waals surface area contributed by atoms with Gasteiger partial charge in [-0.3, -0.25) is 5.32 Å². The van der Waals surface area contributed by atoms with Crippen LogP contribution < -0.4 is 5.32 Å². The maximum Gasteiger partial charge on any atom is 0.107 e. The van der Waals surface area contributed by atoms with Gasteiger partial charge in [-0.25, -0.2) is 0 Å². The predicted octanol–water partition coefficient (Wildman–Crippen LogP) is -0.951. The topological polar surface area (TPSA) is 52.5 Å². The first kappa shape index (κ1) is 6.01. The summed E-state index contributed by atoms with van der Waals surface area (Å²) in [5.74, 6) is 0. The molecule has 3 nitrogen and oxygen atoms in total. The van der Waals surface area contributed by atoms with Crippen LogP contribution >= 0.6 is 0 Å². The van der Waals surface area contributed by atoms with Crippen LogP contribution in [0.3, 0.4) is 0 Å². The van der Waals surface area contributed by atoms with Gasteiger partial charge in [0.25, 0.3) is 0 Å². The van der Waals surface area contributed by atoms with Crippen molar-refractivity contribution >= 4 is 0 Å². The lowest BCUT2D eigenvalue weighted by Gasteiger charge is -2.22. The molecular weight excluding hydrogens is 106 g/mol. The summed E-state index contributed by atoms with van der Waals surface area (Å²) in [7, 11) is 0. The van der Waals surface area contributed by atoms with Crippen molar-refractivity contribution in [3.05, 3.63) is 0 Å². The summed E-state index contributed by atoms with van der Waals surface area (Å²) >= 11 is 0. The van der Waals surface area contributed by atoms with Crippen LogP contribution in [0, 0.1) is 0 Å². The van der Waals surface area contributed by atoms with Crippen molar-refractivity contribution in [2.24, 2.45) is 0 Å². The molecule has 0 aromatic carbocycles. The molecule has 0 saturated carbocycles. The quantitative estimate of drug-likeness (QED) is 0.383. The van der Waals surface area contributed by atoms with E-state index in [4.69, 9.17) is 10.2 Å². The first-order chi connectivity index (χ1) is 3.79. The minimum atomic E-state index is -0.487. The third kappa shape index (κ3) is 1.43. The molecule has 1 fully saturated rings. The van der Waals surface area contributed by atoms with E-state index in [1.807, 2.05) is 0 Å². The van der Waals surface area contributed by atoms with Crippen LogP contribution in [-0.2, 0) is 0 Å². The molecule has 1 heterocycles. The standard InChI is InChI=1S/C5H11NO2/c7-4-1-2-6-5(8)3-4/h4-8H,1-3H2. The number of hydrogen-bond donors (Lipinski definition) is 3. The van der Waals surface area contributed by atoms with Crippen LogP contribution in [0.5, 0.6) is 0 Å². The van der Waals surface area contributed by atoms with Gasteiger partial charge >= 0.3 is 0 Å². The molecule has 1 rings (SSSR count). The van der Waals surface area contributed by atoms with Gasteiger partial charge in [-0.05, 0) is 13.0 Å². The Labute approximate surface area is 48.3 Å². The van der Waals surface area contributed by atoms with E-state index >= 15 is 0 Å². The lowest BCUT2D eigenvalue weighted by Crippen LogP contribution is -2.39. The highest BCUT2D eigenvalue weighted by atomic mass is 16.3. The zero-order chi connectivity index (χ0) is 5.98. The zero-order valence-corrected chi connectivity index (χ0v) is 4.67. The fraction of sp³-hybridized carbons (Fsp3) is 1.00. The Kier molecular flexibility index (Phi) is 1.83. The van der Waals surface area contributed by atoms with Gasteiger partial charge in [-0.1, -0.05) is 0 Å². The van der Waals surface area contributed by atoms with E-state index in [0.29, 0.717) is 6.42 Å². The largest absolute Gasteiger partial charge is 0.393 e. The van der Waals surface area contributed by atoms with E-state index in [2.05, 4.69) is 5.32 Å². The van der Waals surface area contributed by atoms with E-state index < -0.39 is 6.23 Å². The molecule has 0 spiro atoms. The Bertz CT molecular complexity index is 68.8. The van der Waals surface area contributed by atoms with Crippen molar-refractivity contribution in [3.8, 4) is 0 Å². The highest BCUT2D eigenvalue weighted by Gasteiger charge is 2.15. The second kappa shape index (κ2) is 2.44. The van der Waals surface area contributed by atoms with E-state index in [9.17, 15) is 0 Å². The van der Waals surface area contributed by atoms with Crippen molar-refractivity contribution in [2.45, 2.75) is 25.2 Å². The Balaban J connectivity index is 2.23. The third-order valence-corrected chi connectivity index (χ3v) is 1.35. The van der Waals surface area contributed by atoms with Gasteiger partial charge in [-0.15, -0.1) is 0 Å². The lowest BCUT2D eigenvalue weighted by molar-refractivity contribution is 0.0285. The Morgan fingerprint density at radius 1 is 1.38 bits per heavy atom. The van der Waals surface area contributed by atoms with Crippen LogP contribution in [0.4, 0.5) is 0 Å². The summed E-state index contributed by atoms with van der Waals surface area (Å²) < 4.78 is 0. The fourth-order valence-electron chi connectivity index (χ4n) is 0.875. The van der Waals surface area contributed by atoms with Gasteiger partial charge < -0.3 is 10.2 Å². The molecule has 8 heavy (non-hydrogen) atoms. The van der Waals surface area contributed by atoms with Gasteiger partial charge in [0, 0.05) is 6.42 Å². The average Bonchev–Trinajstić information content (AvgIpc) is 1.64. The van der Waals surface area contributed by atoms with Gasteiger partial charge in [0.15, 0.2) is 0 Å². The number of aliphatic hydroxyl groups is 2. The lowest BCUT2D eigenvalue weighted by atomic mass is 10.1. The zero-order valence-electron chi connectivity index (χ0n) is 4.67. The molecule has 0 amide bonds. The summed E-state index contributed by atoms with van der Waals surface area (Å²) in [6.07, 6.45) is 0.446. The molecule has 1 aliphatic heterocycles. The van der Waals surface area contributed by atoms with E-state index in [0.717, 1.165) is 13.0 Å². The molecule has 2 atom stereocenters. The molecule has 0 aromatic heterocycles. The fourth-order valence-corrected chi connectivity index (χ4v) is 0.875. The van der Waals surface area contributed by atoms with Gasteiger partial charge in [0.1, 0.15) is 6.23 Å². The average molecular weight is 117 g/mol. The monoisotopic (exact) mass is 117 g/mol. The smallest absolute Gasteiger partial charge is 0.107 e. The molecule has 0 aliphatic carbocycles. The summed E-state index contributed by atoms with van der Waals surface area (Å²) in [6, 6.07) is 0. The third-order valence-electron chi connectivity index (χ3n) is 1.35. The van der Waals surface area contributed by atoms with Crippen LogP contribution in [0.2, 0.25) is 0 Å². The second-order valence-corrected chi connectivity index (χ2v) is 2.15. The number of hydrogen-bond acceptors (Lipinski definition) is 3. The normalized spacial score (nSPS) is 39.8. The molecule has 0 aromatic rings. The molecule has 2 unspecified atom stereocenters. The molecule has 1 aliphatic rings. The van der Waals surface area contributed by atoms with Crippen molar-refractivity contribution in [2.75, 3.05) is 6.54 Å². The molecule has 0 bridgehead atoms. The van der Waals surface area contributed by atoms with E-state index in [1.54, 1.807) is 0 Å². The highest BCUT2D eigenvalue weighted by molar-refractivity contribution is 4.69. The van der Waals surface area contributed by atoms with Crippen molar-refractivity contribution in [1.29, 1.82) is 0 Å². The first-order valence-corrected chi connectivity index (χ1v) is 2.88. The number of piperidine rings is 1.